The molecular formula is C18H23N3O2. The van der Waals surface area contributed by atoms with Crippen LogP contribution in [0.1, 0.15) is 43.5 Å². The number of hydrogen-bond acceptors (Lipinski definition) is 3. The molecule has 122 valence electrons. The molecule has 3 rings (SSSR count). The fourth-order valence-corrected chi connectivity index (χ4v) is 3.43. The van der Waals surface area contributed by atoms with Crippen molar-refractivity contribution in [1.29, 1.82) is 0 Å². The highest BCUT2D eigenvalue weighted by molar-refractivity contribution is 5.39. The van der Waals surface area contributed by atoms with Gasteiger partial charge in [-0.25, -0.2) is 0 Å². The molecule has 2 aromatic rings. The Kier molecular flexibility index (Phi) is 4.76. The van der Waals surface area contributed by atoms with Crippen LogP contribution in [0.2, 0.25) is 0 Å². The lowest BCUT2D eigenvalue weighted by atomic mass is 10.0. The topological polar surface area (TPSA) is 51.3 Å². The number of benzene rings is 1. The Morgan fingerprint density at radius 3 is 2.91 bits per heavy atom. The van der Waals surface area contributed by atoms with E-state index >= 15 is 0 Å². The lowest BCUT2D eigenvalue weighted by Crippen LogP contribution is -2.30. The van der Waals surface area contributed by atoms with Gasteiger partial charge in [-0.05, 0) is 37.1 Å². The molecule has 23 heavy (non-hydrogen) atoms. The molecule has 5 nitrogen and oxygen atoms in total. The van der Waals surface area contributed by atoms with Crippen molar-refractivity contribution < 1.29 is 4.92 Å². The normalized spacial score (nSPS) is 18.4. The third-order valence-corrected chi connectivity index (χ3v) is 4.55. The summed E-state index contributed by atoms with van der Waals surface area (Å²) in [5.41, 5.74) is 2.41. The molecule has 0 saturated heterocycles. The highest BCUT2D eigenvalue weighted by Crippen LogP contribution is 2.33. The van der Waals surface area contributed by atoms with E-state index in [4.69, 9.17) is 0 Å². The lowest BCUT2D eigenvalue weighted by molar-refractivity contribution is -0.384. The maximum atomic E-state index is 11.1. The first-order chi connectivity index (χ1) is 11.2. The van der Waals surface area contributed by atoms with Crippen molar-refractivity contribution in [1.82, 2.24) is 9.47 Å². The molecule has 0 aliphatic carbocycles. The molecule has 1 aromatic heterocycles. The number of nitrogens with zero attached hydrogens (tertiary/aromatic N) is 3. The maximum Gasteiger partial charge on any atom is 0.269 e. The molecule has 1 aromatic carbocycles. The Morgan fingerprint density at radius 2 is 2.13 bits per heavy atom. The van der Waals surface area contributed by atoms with Crippen molar-refractivity contribution in [2.45, 2.75) is 38.8 Å². The van der Waals surface area contributed by atoms with E-state index in [0.717, 1.165) is 44.5 Å². The molecule has 5 heteroatoms. The van der Waals surface area contributed by atoms with E-state index in [2.05, 4.69) is 34.7 Å². The van der Waals surface area contributed by atoms with Crippen molar-refractivity contribution in [2.75, 3.05) is 13.1 Å². The predicted molar refractivity (Wildman–Crippen MR) is 90.5 cm³/mol. The summed E-state index contributed by atoms with van der Waals surface area (Å²) in [4.78, 5) is 13.3. The molecule has 0 N–H and O–H groups in total. The largest absolute Gasteiger partial charge is 0.350 e. The summed E-state index contributed by atoms with van der Waals surface area (Å²) in [7, 11) is 0. The second-order valence-corrected chi connectivity index (χ2v) is 6.12. The van der Waals surface area contributed by atoms with E-state index in [1.807, 2.05) is 6.07 Å². The van der Waals surface area contributed by atoms with Crippen LogP contribution >= 0.6 is 0 Å². The molecule has 1 aliphatic heterocycles. The van der Waals surface area contributed by atoms with Crippen molar-refractivity contribution in [3.05, 3.63) is 64.0 Å². The third-order valence-electron chi connectivity index (χ3n) is 4.55. The number of nitro benzene ring substituents is 1. The van der Waals surface area contributed by atoms with Crippen LogP contribution in [0.3, 0.4) is 0 Å². The minimum absolute atomic E-state index is 0.0962. The molecule has 0 fully saturated rings. The zero-order valence-corrected chi connectivity index (χ0v) is 13.5. The van der Waals surface area contributed by atoms with E-state index in [9.17, 15) is 10.1 Å². The van der Waals surface area contributed by atoms with Crippen LogP contribution in [0.4, 0.5) is 5.69 Å². The van der Waals surface area contributed by atoms with Crippen LogP contribution in [0.15, 0.2) is 42.6 Å². The van der Waals surface area contributed by atoms with E-state index in [0.29, 0.717) is 0 Å². The van der Waals surface area contributed by atoms with Crippen LogP contribution in [-0.4, -0.2) is 27.5 Å². The zero-order valence-electron chi connectivity index (χ0n) is 13.5. The van der Waals surface area contributed by atoms with E-state index in [-0.39, 0.29) is 16.7 Å². The smallest absolute Gasteiger partial charge is 0.269 e. The molecule has 1 atom stereocenters. The standard InChI is InChI=1S/C18H23N3O2/c1-2-3-10-20-13-6-12-19-11-5-9-17(19)18(20)15-7-4-8-16(14-15)21(22)23/h4-5,7-9,11,14,18H,2-3,6,10,12-13H2,1H3. The van der Waals surface area contributed by atoms with Gasteiger partial charge in [0.05, 0.1) is 11.0 Å². The van der Waals surface area contributed by atoms with Gasteiger partial charge in [-0.15, -0.1) is 0 Å². The Morgan fingerprint density at radius 1 is 1.26 bits per heavy atom. The molecule has 1 unspecified atom stereocenters. The van der Waals surface area contributed by atoms with Crippen LogP contribution in [0.5, 0.6) is 0 Å². The number of aryl methyl sites for hydroxylation is 1. The minimum atomic E-state index is -0.310. The van der Waals surface area contributed by atoms with Crippen LogP contribution in [-0.2, 0) is 6.54 Å². The zero-order chi connectivity index (χ0) is 16.2. The number of aromatic nitrogens is 1. The first-order valence-corrected chi connectivity index (χ1v) is 8.34. The van der Waals surface area contributed by atoms with Gasteiger partial charge in [-0.1, -0.05) is 25.5 Å². The van der Waals surface area contributed by atoms with Gasteiger partial charge < -0.3 is 4.57 Å². The third kappa shape index (κ3) is 3.29. The van der Waals surface area contributed by atoms with Gasteiger partial charge in [-0.3, -0.25) is 15.0 Å². The number of unbranched alkanes of at least 4 members (excludes halogenated alkanes) is 1. The van der Waals surface area contributed by atoms with Gasteiger partial charge in [0.1, 0.15) is 0 Å². The molecule has 0 spiro atoms. The van der Waals surface area contributed by atoms with Gasteiger partial charge in [0.15, 0.2) is 0 Å². The molecule has 0 radical (unpaired) electrons. The fraction of sp³-hybridized carbons (Fsp3) is 0.444. The first-order valence-electron chi connectivity index (χ1n) is 8.34. The quantitative estimate of drug-likeness (QED) is 0.619. The molecule has 1 aliphatic rings. The summed E-state index contributed by atoms with van der Waals surface area (Å²) in [6.45, 7) is 5.25. The molecule has 2 heterocycles. The summed E-state index contributed by atoms with van der Waals surface area (Å²) in [6, 6.07) is 11.4. The summed E-state index contributed by atoms with van der Waals surface area (Å²) >= 11 is 0. The maximum absolute atomic E-state index is 11.1. The SMILES string of the molecule is CCCCN1CCCn2cccc2C1c1cccc([N+](=O)[O-])c1. The Bertz CT molecular complexity index is 680. The van der Waals surface area contributed by atoms with Crippen LogP contribution < -0.4 is 0 Å². The molecule has 0 saturated carbocycles. The van der Waals surface area contributed by atoms with Gasteiger partial charge in [-0.2, -0.15) is 0 Å². The Balaban J connectivity index is 2.03. The van der Waals surface area contributed by atoms with E-state index in [1.165, 1.54) is 5.69 Å². The minimum Gasteiger partial charge on any atom is -0.350 e. The Labute approximate surface area is 136 Å². The second-order valence-electron chi connectivity index (χ2n) is 6.12. The van der Waals surface area contributed by atoms with Crippen molar-refractivity contribution >= 4 is 5.69 Å². The lowest BCUT2D eigenvalue weighted by Gasteiger charge is -2.30. The van der Waals surface area contributed by atoms with Crippen molar-refractivity contribution in [2.24, 2.45) is 0 Å². The highest BCUT2D eigenvalue weighted by Gasteiger charge is 2.27. The predicted octanol–water partition coefficient (Wildman–Crippen LogP) is 3.99. The van der Waals surface area contributed by atoms with Gasteiger partial charge >= 0.3 is 0 Å². The summed E-state index contributed by atoms with van der Waals surface area (Å²) in [5.74, 6) is 0. The molecular weight excluding hydrogens is 290 g/mol. The summed E-state index contributed by atoms with van der Waals surface area (Å²) in [5, 5.41) is 11.1. The fourth-order valence-electron chi connectivity index (χ4n) is 3.43. The van der Waals surface area contributed by atoms with Gasteiger partial charge in [0.25, 0.3) is 5.69 Å². The van der Waals surface area contributed by atoms with E-state index < -0.39 is 0 Å². The number of rotatable bonds is 5. The number of nitro groups is 1. The molecule has 0 amide bonds. The average Bonchev–Trinajstić information content (AvgIpc) is 2.94. The average molecular weight is 313 g/mol. The summed E-state index contributed by atoms with van der Waals surface area (Å²) in [6.07, 6.45) is 5.52. The van der Waals surface area contributed by atoms with Crippen LogP contribution in [0, 0.1) is 10.1 Å². The van der Waals surface area contributed by atoms with Crippen LogP contribution in [0.25, 0.3) is 0 Å². The second kappa shape index (κ2) is 6.96. The van der Waals surface area contributed by atoms with Gasteiger partial charge in [0, 0.05) is 37.1 Å². The summed E-state index contributed by atoms with van der Waals surface area (Å²) < 4.78 is 2.29. The number of fused-ring (bicyclic) bond motifs is 1. The Hall–Kier alpha value is -2.14. The van der Waals surface area contributed by atoms with Crippen molar-refractivity contribution in [3.8, 4) is 0 Å². The first kappa shape index (κ1) is 15.7. The monoisotopic (exact) mass is 313 g/mol. The van der Waals surface area contributed by atoms with Crippen molar-refractivity contribution in [3.63, 3.8) is 0 Å². The van der Waals surface area contributed by atoms with Gasteiger partial charge in [0.2, 0.25) is 0 Å². The number of non-ortho nitro benzene ring substituents is 1. The number of hydrogen-bond donors (Lipinski definition) is 0. The van der Waals surface area contributed by atoms with E-state index in [1.54, 1.807) is 18.2 Å². The molecule has 0 bridgehead atoms. The highest BCUT2D eigenvalue weighted by atomic mass is 16.6.